The van der Waals surface area contributed by atoms with Crippen LogP contribution in [0.2, 0.25) is 0 Å². The number of carboxylic acid groups (broad SMARTS) is 2. The van der Waals surface area contributed by atoms with E-state index in [1.807, 2.05) is 13.8 Å². The van der Waals surface area contributed by atoms with Gasteiger partial charge in [-0.1, -0.05) is 27.7 Å². The molecule has 0 spiro atoms. The molecule has 15 nitrogen and oxygen atoms in total. The molecule has 1 unspecified atom stereocenters. The predicted octanol–water partition coefficient (Wildman–Crippen LogP) is 0.0312. The van der Waals surface area contributed by atoms with Crippen LogP contribution in [-0.4, -0.2) is 111 Å². The Morgan fingerprint density at radius 1 is 0.860 bits per heavy atom. The number of carbonyl (C=O) groups excluding carboxylic acids is 5. The lowest BCUT2D eigenvalue weighted by molar-refractivity contribution is -0.146. The standard InChI is InChI=1S/C28H46N6O9/c1-5-17(6-2)29-28(43)32-18-9-12-34(26(18)40)21(15-22(35)33-10-7-8-11-33)25(39)30-19(14-23(36)37)24(38)31-20(27(41)42)13-16(3)4/h16-21H,5-15H2,1-4H3,(H,30,39)(H,31,38)(H,36,37)(H,41,42)(H2,29,32,43)/t18?,19-,20-,21+/m0/s1. The fourth-order valence-electron chi connectivity index (χ4n) is 5.25. The largest absolute Gasteiger partial charge is 0.481 e. The van der Waals surface area contributed by atoms with Crippen molar-refractivity contribution in [3.8, 4) is 0 Å². The van der Waals surface area contributed by atoms with Crippen LogP contribution in [0.15, 0.2) is 0 Å². The molecule has 2 aliphatic rings. The summed E-state index contributed by atoms with van der Waals surface area (Å²) in [7, 11) is 0. The van der Waals surface area contributed by atoms with Crippen molar-refractivity contribution < 1.29 is 43.8 Å². The third kappa shape index (κ3) is 10.7. The summed E-state index contributed by atoms with van der Waals surface area (Å²) in [6.45, 7) is 8.38. The second-order valence-corrected chi connectivity index (χ2v) is 11.5. The molecule has 2 saturated heterocycles. The third-order valence-corrected chi connectivity index (χ3v) is 7.71. The highest BCUT2D eigenvalue weighted by Crippen LogP contribution is 2.20. The molecule has 0 bridgehead atoms. The minimum atomic E-state index is -1.67. The monoisotopic (exact) mass is 610 g/mol. The maximum atomic E-state index is 13.6. The van der Waals surface area contributed by atoms with Gasteiger partial charge < -0.3 is 41.3 Å². The van der Waals surface area contributed by atoms with E-state index in [4.69, 9.17) is 0 Å². The van der Waals surface area contributed by atoms with Crippen LogP contribution in [0.25, 0.3) is 0 Å². The highest BCUT2D eigenvalue weighted by atomic mass is 16.4. The number of likely N-dealkylation sites (tertiary alicyclic amines) is 2. The average Bonchev–Trinajstić information content (AvgIpc) is 3.59. The Bertz CT molecular complexity index is 1040. The van der Waals surface area contributed by atoms with Crippen LogP contribution in [0.3, 0.4) is 0 Å². The predicted molar refractivity (Wildman–Crippen MR) is 154 cm³/mol. The minimum Gasteiger partial charge on any atom is -0.481 e. The third-order valence-electron chi connectivity index (χ3n) is 7.71. The van der Waals surface area contributed by atoms with Gasteiger partial charge >= 0.3 is 18.0 Å². The molecular formula is C28H46N6O9. The first-order valence-corrected chi connectivity index (χ1v) is 15.0. The molecule has 2 aliphatic heterocycles. The first-order chi connectivity index (χ1) is 20.3. The van der Waals surface area contributed by atoms with Crippen molar-refractivity contribution >= 4 is 41.6 Å². The molecule has 43 heavy (non-hydrogen) atoms. The fraction of sp³-hybridized carbons (Fsp3) is 0.750. The number of carboxylic acids is 2. The van der Waals surface area contributed by atoms with Crippen LogP contribution in [0.1, 0.15) is 79.1 Å². The van der Waals surface area contributed by atoms with Gasteiger partial charge in [0.15, 0.2) is 0 Å². The van der Waals surface area contributed by atoms with Crippen molar-refractivity contribution in [3.63, 3.8) is 0 Å². The van der Waals surface area contributed by atoms with E-state index in [1.54, 1.807) is 18.7 Å². The van der Waals surface area contributed by atoms with Gasteiger partial charge in [0.25, 0.3) is 0 Å². The molecule has 15 heteroatoms. The second kappa shape index (κ2) is 16.7. The molecule has 6 amide bonds. The zero-order valence-corrected chi connectivity index (χ0v) is 25.4. The molecule has 0 aromatic carbocycles. The molecule has 4 atom stereocenters. The summed E-state index contributed by atoms with van der Waals surface area (Å²) in [5.41, 5.74) is 0. The Kier molecular flexibility index (Phi) is 13.7. The molecule has 0 saturated carbocycles. The van der Waals surface area contributed by atoms with Gasteiger partial charge in [-0.05, 0) is 44.4 Å². The molecule has 2 heterocycles. The van der Waals surface area contributed by atoms with Crippen LogP contribution in [0, 0.1) is 5.92 Å². The summed E-state index contributed by atoms with van der Waals surface area (Å²) in [4.78, 5) is 91.5. The second-order valence-electron chi connectivity index (χ2n) is 11.5. The van der Waals surface area contributed by atoms with Gasteiger partial charge in [0, 0.05) is 25.7 Å². The summed E-state index contributed by atoms with van der Waals surface area (Å²) in [6, 6.07) is -5.92. The van der Waals surface area contributed by atoms with Crippen molar-refractivity contribution in [1.82, 2.24) is 31.1 Å². The lowest BCUT2D eigenvalue weighted by Gasteiger charge is -2.30. The van der Waals surface area contributed by atoms with E-state index in [-0.39, 0.29) is 37.3 Å². The van der Waals surface area contributed by atoms with Crippen molar-refractivity contribution in [1.29, 1.82) is 0 Å². The lowest BCUT2D eigenvalue weighted by Crippen LogP contribution is -2.58. The Morgan fingerprint density at radius 3 is 2.00 bits per heavy atom. The normalized spacial score (nSPS) is 18.7. The number of aliphatic carboxylic acids is 2. The first-order valence-electron chi connectivity index (χ1n) is 15.0. The zero-order chi connectivity index (χ0) is 32.3. The van der Waals surface area contributed by atoms with E-state index in [9.17, 15) is 43.8 Å². The van der Waals surface area contributed by atoms with E-state index in [0.29, 0.717) is 25.9 Å². The fourth-order valence-corrected chi connectivity index (χ4v) is 5.25. The number of carbonyl (C=O) groups is 7. The van der Waals surface area contributed by atoms with Crippen LogP contribution < -0.4 is 21.3 Å². The quantitative estimate of drug-likeness (QED) is 0.139. The van der Waals surface area contributed by atoms with E-state index in [2.05, 4.69) is 21.3 Å². The van der Waals surface area contributed by atoms with Crippen LogP contribution >= 0.6 is 0 Å². The summed E-state index contributed by atoms with van der Waals surface area (Å²) < 4.78 is 0. The van der Waals surface area contributed by atoms with Gasteiger partial charge in [-0.25, -0.2) is 9.59 Å². The smallest absolute Gasteiger partial charge is 0.326 e. The summed E-state index contributed by atoms with van der Waals surface area (Å²) in [5, 5.41) is 29.0. The number of urea groups is 1. The first kappa shape index (κ1) is 35.3. The minimum absolute atomic E-state index is 0.0331. The number of nitrogens with one attached hydrogen (secondary N) is 4. The molecule has 0 aliphatic carbocycles. The number of hydrogen-bond acceptors (Lipinski definition) is 7. The van der Waals surface area contributed by atoms with Gasteiger partial charge in [-0.15, -0.1) is 0 Å². The SMILES string of the molecule is CCC(CC)NC(=O)NC1CCN([C@H](CC(=O)N2CCCC2)C(=O)N[C@@H](CC(=O)O)C(=O)N[C@@H](CC(C)C)C(=O)O)C1=O. The van der Waals surface area contributed by atoms with Crippen LogP contribution in [0.5, 0.6) is 0 Å². The molecule has 242 valence electrons. The van der Waals surface area contributed by atoms with Crippen molar-refractivity contribution in [3.05, 3.63) is 0 Å². The van der Waals surface area contributed by atoms with Gasteiger partial charge in [0.2, 0.25) is 23.6 Å². The Morgan fingerprint density at radius 2 is 1.47 bits per heavy atom. The number of nitrogens with zero attached hydrogens (tertiary/aromatic N) is 2. The topological polar surface area (TPSA) is 215 Å². The number of rotatable bonds is 16. The Hall–Kier alpha value is -3.91. The maximum Gasteiger partial charge on any atom is 0.326 e. The van der Waals surface area contributed by atoms with E-state index in [0.717, 1.165) is 12.8 Å². The van der Waals surface area contributed by atoms with E-state index >= 15 is 0 Å². The maximum absolute atomic E-state index is 13.6. The Labute approximate surface area is 251 Å². The van der Waals surface area contributed by atoms with E-state index < -0.39 is 72.7 Å². The summed E-state index contributed by atoms with van der Waals surface area (Å²) in [6.07, 6.45) is 1.98. The zero-order valence-electron chi connectivity index (χ0n) is 25.4. The summed E-state index contributed by atoms with van der Waals surface area (Å²) in [5.74, 6) is -5.75. The Balaban J connectivity index is 2.25. The number of amides is 6. The molecule has 0 aromatic rings. The van der Waals surface area contributed by atoms with Crippen molar-refractivity contribution in [2.75, 3.05) is 19.6 Å². The molecule has 0 radical (unpaired) electrons. The summed E-state index contributed by atoms with van der Waals surface area (Å²) >= 11 is 0. The highest BCUT2D eigenvalue weighted by Gasteiger charge is 2.42. The van der Waals surface area contributed by atoms with Crippen LogP contribution in [0.4, 0.5) is 4.79 Å². The molecule has 2 fully saturated rings. The average molecular weight is 611 g/mol. The molecule has 2 rings (SSSR count). The molecule has 6 N–H and O–H groups in total. The highest BCUT2D eigenvalue weighted by molar-refractivity contribution is 5.98. The van der Waals surface area contributed by atoms with Crippen LogP contribution in [-0.2, 0) is 28.8 Å². The van der Waals surface area contributed by atoms with Gasteiger partial charge in [-0.3, -0.25) is 24.0 Å². The van der Waals surface area contributed by atoms with Crippen molar-refractivity contribution in [2.45, 2.75) is 109 Å². The molecular weight excluding hydrogens is 564 g/mol. The van der Waals surface area contributed by atoms with Gasteiger partial charge in [0.1, 0.15) is 24.2 Å². The van der Waals surface area contributed by atoms with E-state index in [1.165, 1.54) is 4.90 Å². The molecule has 0 aromatic heterocycles. The van der Waals surface area contributed by atoms with Gasteiger partial charge in [0.05, 0.1) is 12.8 Å². The lowest BCUT2D eigenvalue weighted by atomic mass is 10.0. The van der Waals surface area contributed by atoms with Crippen molar-refractivity contribution in [2.24, 2.45) is 5.92 Å². The number of hydrogen-bond donors (Lipinski definition) is 6. The van der Waals surface area contributed by atoms with Gasteiger partial charge in [-0.2, -0.15) is 0 Å².